The van der Waals surface area contributed by atoms with E-state index < -0.39 is 0 Å². The van der Waals surface area contributed by atoms with E-state index in [1.165, 1.54) is 0 Å². The number of hydrogen-bond donors (Lipinski definition) is 0. The molecule has 0 N–H and O–H groups in total. The van der Waals surface area contributed by atoms with E-state index in [4.69, 9.17) is 30.5 Å². The van der Waals surface area contributed by atoms with E-state index in [2.05, 4.69) is 0 Å². The summed E-state index contributed by atoms with van der Waals surface area (Å²) < 4.78 is 22.0. The van der Waals surface area contributed by atoms with Crippen LogP contribution in [-0.4, -0.2) is 33.5 Å². The molecule has 2 aromatic rings. The summed E-state index contributed by atoms with van der Waals surface area (Å²) in [5.41, 5.74) is 1.13. The summed E-state index contributed by atoms with van der Waals surface area (Å²) in [4.78, 5) is 0. The van der Waals surface area contributed by atoms with Crippen molar-refractivity contribution in [1.82, 2.24) is 0 Å². The zero-order valence-electron chi connectivity index (χ0n) is 13.4. The minimum atomic E-state index is 0.442. The van der Waals surface area contributed by atoms with Crippen LogP contribution in [-0.2, 0) is 4.74 Å². The molecule has 0 bridgehead atoms. The van der Waals surface area contributed by atoms with Gasteiger partial charge in [-0.3, -0.25) is 0 Å². The van der Waals surface area contributed by atoms with Crippen LogP contribution in [0.25, 0.3) is 0 Å². The third kappa shape index (κ3) is 5.66. The Morgan fingerprint density at radius 3 is 2.22 bits per heavy atom. The van der Waals surface area contributed by atoms with Gasteiger partial charge < -0.3 is 18.9 Å². The topological polar surface area (TPSA) is 36.9 Å². The molecule has 0 aliphatic heterocycles. The Bertz CT molecular complexity index is 616. The maximum atomic E-state index is 6.00. The molecule has 2 rings (SSSR count). The number of benzene rings is 2. The lowest BCUT2D eigenvalue weighted by Crippen LogP contribution is -2.12. The van der Waals surface area contributed by atoms with Crippen molar-refractivity contribution in [3.8, 4) is 17.2 Å². The molecular formula is C18H21ClO4. The molecule has 0 unspecified atom stereocenters. The van der Waals surface area contributed by atoms with Crippen LogP contribution in [0.15, 0.2) is 42.5 Å². The number of para-hydroxylation sites is 1. The van der Waals surface area contributed by atoms with Gasteiger partial charge in [-0.05, 0) is 36.8 Å². The molecule has 4 nitrogen and oxygen atoms in total. The van der Waals surface area contributed by atoms with Crippen molar-refractivity contribution >= 4 is 11.6 Å². The number of rotatable bonds is 9. The predicted molar refractivity (Wildman–Crippen MR) is 91.0 cm³/mol. The quantitative estimate of drug-likeness (QED) is 0.645. The number of ether oxygens (including phenoxy) is 4. The van der Waals surface area contributed by atoms with Crippen molar-refractivity contribution in [3.05, 3.63) is 53.1 Å². The van der Waals surface area contributed by atoms with Crippen molar-refractivity contribution in [1.29, 1.82) is 0 Å². The van der Waals surface area contributed by atoms with Crippen LogP contribution >= 0.6 is 11.6 Å². The second-order valence-electron chi connectivity index (χ2n) is 4.89. The van der Waals surface area contributed by atoms with Crippen LogP contribution in [0.4, 0.5) is 0 Å². The molecule has 23 heavy (non-hydrogen) atoms. The first-order chi connectivity index (χ1) is 11.2. The molecule has 0 spiro atoms. The van der Waals surface area contributed by atoms with Gasteiger partial charge in [-0.1, -0.05) is 29.8 Å². The van der Waals surface area contributed by atoms with Gasteiger partial charge in [-0.2, -0.15) is 0 Å². The molecule has 5 heteroatoms. The number of halogens is 1. The van der Waals surface area contributed by atoms with Crippen LogP contribution in [0.3, 0.4) is 0 Å². The van der Waals surface area contributed by atoms with E-state index in [0.717, 1.165) is 11.3 Å². The van der Waals surface area contributed by atoms with Gasteiger partial charge in [0, 0.05) is 0 Å². The van der Waals surface area contributed by atoms with Crippen molar-refractivity contribution in [2.24, 2.45) is 0 Å². The summed E-state index contributed by atoms with van der Waals surface area (Å²) in [6, 6.07) is 13.2. The summed E-state index contributed by atoms with van der Waals surface area (Å²) in [7, 11) is 1.63. The highest BCUT2D eigenvalue weighted by Crippen LogP contribution is 2.27. The Kier molecular flexibility index (Phi) is 7.04. The van der Waals surface area contributed by atoms with Crippen molar-refractivity contribution in [2.45, 2.75) is 6.92 Å². The minimum absolute atomic E-state index is 0.442. The maximum absolute atomic E-state index is 6.00. The molecule has 0 heterocycles. The third-order valence-electron chi connectivity index (χ3n) is 3.13. The second kappa shape index (κ2) is 9.28. The fourth-order valence-electron chi connectivity index (χ4n) is 1.98. The smallest absolute Gasteiger partial charge is 0.161 e. The van der Waals surface area contributed by atoms with Crippen LogP contribution < -0.4 is 14.2 Å². The van der Waals surface area contributed by atoms with Crippen molar-refractivity contribution in [3.63, 3.8) is 0 Å². The second-order valence-corrected chi connectivity index (χ2v) is 5.30. The highest BCUT2D eigenvalue weighted by molar-refractivity contribution is 6.32. The van der Waals surface area contributed by atoms with Gasteiger partial charge in [0.05, 0.1) is 25.3 Å². The fourth-order valence-corrected chi connectivity index (χ4v) is 2.17. The van der Waals surface area contributed by atoms with Crippen LogP contribution in [0.2, 0.25) is 5.02 Å². The molecule has 0 radical (unpaired) electrons. The van der Waals surface area contributed by atoms with Gasteiger partial charge in [0.15, 0.2) is 11.5 Å². The first-order valence-electron chi connectivity index (χ1n) is 7.43. The average molecular weight is 337 g/mol. The summed E-state index contributed by atoms with van der Waals surface area (Å²) >= 11 is 6.00. The molecule has 0 saturated heterocycles. The first kappa shape index (κ1) is 17.4. The molecule has 0 aliphatic carbocycles. The number of methoxy groups -OCH3 is 1. The summed E-state index contributed by atoms with van der Waals surface area (Å²) in [5.74, 6) is 2.11. The predicted octanol–water partition coefficient (Wildman–Crippen LogP) is 4.13. The zero-order valence-corrected chi connectivity index (χ0v) is 14.1. The van der Waals surface area contributed by atoms with E-state index in [-0.39, 0.29) is 0 Å². The molecule has 2 aromatic carbocycles. The summed E-state index contributed by atoms with van der Waals surface area (Å²) in [6.07, 6.45) is 0. The van der Waals surface area contributed by atoms with E-state index in [1.807, 2.05) is 43.3 Å². The Hall–Kier alpha value is -1.91. The van der Waals surface area contributed by atoms with E-state index in [0.29, 0.717) is 42.9 Å². The first-order valence-corrected chi connectivity index (χ1v) is 7.81. The maximum Gasteiger partial charge on any atom is 0.161 e. The molecule has 0 aliphatic rings. The molecule has 0 amide bonds. The lowest BCUT2D eigenvalue weighted by molar-refractivity contribution is 0.0757. The number of hydrogen-bond acceptors (Lipinski definition) is 4. The van der Waals surface area contributed by atoms with E-state index >= 15 is 0 Å². The highest BCUT2D eigenvalue weighted by Gasteiger charge is 2.04. The lowest BCUT2D eigenvalue weighted by atomic mass is 10.2. The zero-order chi connectivity index (χ0) is 16.5. The van der Waals surface area contributed by atoms with E-state index in [9.17, 15) is 0 Å². The normalized spacial score (nSPS) is 10.4. The van der Waals surface area contributed by atoms with Crippen LogP contribution in [0.5, 0.6) is 17.2 Å². The monoisotopic (exact) mass is 336 g/mol. The van der Waals surface area contributed by atoms with Gasteiger partial charge in [0.2, 0.25) is 0 Å². The third-order valence-corrected chi connectivity index (χ3v) is 3.44. The van der Waals surface area contributed by atoms with Crippen molar-refractivity contribution in [2.75, 3.05) is 33.5 Å². The summed E-state index contributed by atoms with van der Waals surface area (Å²) in [5, 5.41) is 0.599. The largest absolute Gasteiger partial charge is 0.493 e. The molecule has 0 saturated carbocycles. The Labute approximate surface area is 141 Å². The Morgan fingerprint density at radius 2 is 1.52 bits per heavy atom. The van der Waals surface area contributed by atoms with Crippen LogP contribution in [0.1, 0.15) is 5.56 Å². The lowest BCUT2D eigenvalue weighted by Gasteiger charge is -2.12. The fraction of sp³-hybridized carbons (Fsp3) is 0.333. The minimum Gasteiger partial charge on any atom is -0.493 e. The molecule has 0 atom stereocenters. The van der Waals surface area contributed by atoms with Gasteiger partial charge in [0.1, 0.15) is 19.0 Å². The molecular weight excluding hydrogens is 316 g/mol. The van der Waals surface area contributed by atoms with Gasteiger partial charge in [-0.25, -0.2) is 0 Å². The molecule has 0 aromatic heterocycles. The van der Waals surface area contributed by atoms with Crippen molar-refractivity contribution < 1.29 is 18.9 Å². The SMILES string of the molecule is COc1cc(C)ccc1OCCOCCOc1ccccc1Cl. The van der Waals surface area contributed by atoms with Gasteiger partial charge in [0.25, 0.3) is 0 Å². The standard InChI is InChI=1S/C18H21ClO4/c1-14-7-8-17(18(13-14)20-2)23-12-10-21-9-11-22-16-6-4-3-5-15(16)19/h3-8,13H,9-12H2,1-2H3. The van der Waals surface area contributed by atoms with E-state index in [1.54, 1.807) is 13.2 Å². The van der Waals surface area contributed by atoms with Crippen LogP contribution in [0, 0.1) is 6.92 Å². The number of aryl methyl sites for hydroxylation is 1. The Morgan fingerprint density at radius 1 is 0.826 bits per heavy atom. The summed E-state index contributed by atoms with van der Waals surface area (Å²) in [6.45, 7) is 3.85. The average Bonchev–Trinajstić information content (AvgIpc) is 2.56. The highest BCUT2D eigenvalue weighted by atomic mass is 35.5. The van der Waals surface area contributed by atoms with Gasteiger partial charge >= 0.3 is 0 Å². The molecule has 0 fully saturated rings. The Balaban J connectivity index is 1.62. The van der Waals surface area contributed by atoms with Gasteiger partial charge in [-0.15, -0.1) is 0 Å². The molecule has 124 valence electrons.